The number of nitrogens with zero attached hydrogens (tertiary/aromatic N) is 6. The van der Waals surface area contributed by atoms with Gasteiger partial charge in [-0.1, -0.05) is 12.1 Å². The van der Waals surface area contributed by atoms with Crippen molar-refractivity contribution < 1.29 is 4.79 Å². The summed E-state index contributed by atoms with van der Waals surface area (Å²) >= 11 is 0. The summed E-state index contributed by atoms with van der Waals surface area (Å²) in [6.45, 7) is 2.18. The number of carbonyl (C=O) groups is 1. The topological polar surface area (TPSA) is 68.3 Å². The van der Waals surface area contributed by atoms with Crippen LogP contribution < -0.4 is 0 Å². The molecule has 5 heterocycles. The molecule has 7 heteroatoms. The molecule has 0 saturated carbocycles. The number of amides is 1. The molecule has 0 aliphatic carbocycles. The van der Waals surface area contributed by atoms with Gasteiger partial charge in [-0.15, -0.1) is 0 Å². The summed E-state index contributed by atoms with van der Waals surface area (Å²) in [4.78, 5) is 24.0. The van der Waals surface area contributed by atoms with E-state index < -0.39 is 0 Å². The Labute approximate surface area is 168 Å². The van der Waals surface area contributed by atoms with Crippen LogP contribution in [0.15, 0.2) is 67.5 Å². The number of hydrogen-bond acceptors (Lipinski definition) is 4. The highest BCUT2D eigenvalue weighted by atomic mass is 16.2. The van der Waals surface area contributed by atoms with Gasteiger partial charge in [0.2, 0.25) is 0 Å². The van der Waals surface area contributed by atoms with Gasteiger partial charge in [0.05, 0.1) is 23.8 Å². The normalized spacial score (nSPS) is 17.0. The predicted octanol–water partition coefficient (Wildman–Crippen LogP) is 2.99. The summed E-state index contributed by atoms with van der Waals surface area (Å²) in [5, 5.41) is 4.31. The minimum atomic E-state index is 0.0428. The molecule has 0 unspecified atom stereocenters. The molecule has 4 aromatic rings. The second-order valence-electron chi connectivity index (χ2n) is 7.45. The summed E-state index contributed by atoms with van der Waals surface area (Å²) in [6, 6.07) is 9.79. The van der Waals surface area contributed by atoms with Crippen molar-refractivity contribution in [2.24, 2.45) is 0 Å². The van der Waals surface area contributed by atoms with Crippen molar-refractivity contribution in [2.75, 3.05) is 13.1 Å². The van der Waals surface area contributed by atoms with E-state index in [-0.39, 0.29) is 11.8 Å². The summed E-state index contributed by atoms with van der Waals surface area (Å²) in [5.74, 6) is 1.30. The first-order valence-electron chi connectivity index (χ1n) is 9.91. The van der Waals surface area contributed by atoms with E-state index in [1.807, 2.05) is 54.0 Å². The van der Waals surface area contributed by atoms with Gasteiger partial charge >= 0.3 is 0 Å². The first-order valence-corrected chi connectivity index (χ1v) is 9.91. The van der Waals surface area contributed by atoms with Gasteiger partial charge in [0.25, 0.3) is 5.91 Å². The Morgan fingerprint density at radius 3 is 2.97 bits per heavy atom. The van der Waals surface area contributed by atoms with E-state index in [1.165, 1.54) is 0 Å². The summed E-state index contributed by atoms with van der Waals surface area (Å²) in [5.41, 5.74) is 2.64. The fourth-order valence-corrected chi connectivity index (χ4v) is 4.14. The second-order valence-corrected chi connectivity index (χ2v) is 7.45. The maximum Gasteiger partial charge on any atom is 0.257 e. The maximum atomic E-state index is 13.2. The monoisotopic (exact) mass is 386 g/mol. The van der Waals surface area contributed by atoms with Crippen molar-refractivity contribution in [2.45, 2.75) is 25.3 Å². The zero-order valence-corrected chi connectivity index (χ0v) is 16.1. The molecule has 0 spiro atoms. The molecule has 0 bridgehead atoms. The number of likely N-dealkylation sites (tertiary alicyclic amines) is 1. The molecular weight excluding hydrogens is 364 g/mol. The van der Waals surface area contributed by atoms with Crippen LogP contribution in [0.2, 0.25) is 0 Å². The zero-order valence-electron chi connectivity index (χ0n) is 16.1. The number of hydrogen-bond donors (Lipinski definition) is 0. The van der Waals surface area contributed by atoms with Gasteiger partial charge in [-0.05, 0) is 36.6 Å². The van der Waals surface area contributed by atoms with Gasteiger partial charge in [0.1, 0.15) is 5.82 Å². The lowest BCUT2D eigenvalue weighted by molar-refractivity contribution is 0.0705. The standard InChI is InChI=1S/C22H22N6O/c29-22(19-14-25-28-11-2-1-7-20(19)28)27-10-4-6-18(16-27)21-24-9-12-26(21)15-17-5-3-8-23-13-17/h1-3,5,7-9,11-14,18H,4,6,10,15-16H2/t18-/m0/s1. The molecule has 1 amide bonds. The van der Waals surface area contributed by atoms with Gasteiger partial charge < -0.3 is 9.47 Å². The second kappa shape index (κ2) is 7.50. The van der Waals surface area contributed by atoms with Crippen LogP contribution >= 0.6 is 0 Å². The molecular formula is C22H22N6O. The largest absolute Gasteiger partial charge is 0.338 e. The molecule has 1 fully saturated rings. The Morgan fingerprint density at radius 2 is 2.07 bits per heavy atom. The lowest BCUT2D eigenvalue weighted by atomic mass is 9.96. The third-order valence-electron chi connectivity index (χ3n) is 5.55. The lowest BCUT2D eigenvalue weighted by Gasteiger charge is -2.32. The minimum absolute atomic E-state index is 0.0428. The van der Waals surface area contributed by atoms with Crippen LogP contribution in [0.25, 0.3) is 5.52 Å². The van der Waals surface area contributed by atoms with Crippen LogP contribution in [0.3, 0.4) is 0 Å². The number of carbonyl (C=O) groups excluding carboxylic acids is 1. The van der Waals surface area contributed by atoms with Gasteiger partial charge in [-0.2, -0.15) is 5.10 Å². The molecule has 1 aliphatic rings. The molecule has 29 heavy (non-hydrogen) atoms. The number of rotatable bonds is 4. The molecule has 146 valence electrons. The van der Waals surface area contributed by atoms with E-state index in [9.17, 15) is 4.79 Å². The van der Waals surface area contributed by atoms with Crippen molar-refractivity contribution in [1.82, 2.24) is 29.0 Å². The van der Waals surface area contributed by atoms with Crippen LogP contribution in [0.4, 0.5) is 0 Å². The number of imidazole rings is 1. The average molecular weight is 386 g/mol. The third kappa shape index (κ3) is 3.40. The van der Waals surface area contributed by atoms with E-state index in [2.05, 4.69) is 25.7 Å². The number of piperidine rings is 1. The van der Waals surface area contributed by atoms with Crippen LogP contribution in [0.1, 0.15) is 40.5 Å². The Hall–Kier alpha value is -3.48. The van der Waals surface area contributed by atoms with Gasteiger partial charge in [-0.3, -0.25) is 9.78 Å². The Bertz CT molecular complexity index is 1130. The van der Waals surface area contributed by atoms with Crippen molar-refractivity contribution >= 4 is 11.4 Å². The lowest BCUT2D eigenvalue weighted by Crippen LogP contribution is -2.39. The number of fused-ring (bicyclic) bond motifs is 1. The van der Waals surface area contributed by atoms with Crippen LogP contribution in [0, 0.1) is 0 Å². The molecule has 1 saturated heterocycles. The smallest absolute Gasteiger partial charge is 0.257 e. The Kier molecular flexibility index (Phi) is 4.56. The summed E-state index contributed by atoms with van der Waals surface area (Å²) in [7, 11) is 0. The minimum Gasteiger partial charge on any atom is -0.338 e. The Balaban J connectivity index is 1.36. The van der Waals surface area contributed by atoms with E-state index >= 15 is 0 Å². The Morgan fingerprint density at radius 1 is 1.10 bits per heavy atom. The average Bonchev–Trinajstić information content (AvgIpc) is 3.41. The van der Waals surface area contributed by atoms with E-state index in [4.69, 9.17) is 0 Å². The first kappa shape index (κ1) is 17.6. The van der Waals surface area contributed by atoms with Crippen molar-refractivity contribution in [1.29, 1.82) is 0 Å². The van der Waals surface area contributed by atoms with E-state index in [0.29, 0.717) is 12.1 Å². The zero-order chi connectivity index (χ0) is 19.6. The van der Waals surface area contributed by atoms with Crippen molar-refractivity contribution in [3.8, 4) is 0 Å². The molecule has 1 aliphatic heterocycles. The van der Waals surface area contributed by atoms with Crippen LogP contribution in [-0.4, -0.2) is 48.0 Å². The highest BCUT2D eigenvalue weighted by Gasteiger charge is 2.29. The molecule has 0 aromatic carbocycles. The molecule has 0 radical (unpaired) electrons. The summed E-state index contributed by atoms with van der Waals surface area (Å²) in [6.07, 6.45) is 13.0. The number of aromatic nitrogens is 5. The highest BCUT2D eigenvalue weighted by molar-refractivity contribution is 6.00. The van der Waals surface area contributed by atoms with Crippen LogP contribution in [-0.2, 0) is 6.54 Å². The maximum absolute atomic E-state index is 13.2. The molecule has 1 atom stereocenters. The van der Waals surface area contributed by atoms with Crippen molar-refractivity contribution in [3.63, 3.8) is 0 Å². The van der Waals surface area contributed by atoms with Crippen LogP contribution in [0.5, 0.6) is 0 Å². The quantitative estimate of drug-likeness (QED) is 0.541. The molecule has 4 aromatic heterocycles. The molecule has 7 nitrogen and oxygen atoms in total. The summed E-state index contributed by atoms with van der Waals surface area (Å²) < 4.78 is 3.92. The van der Waals surface area contributed by atoms with E-state index in [1.54, 1.807) is 16.9 Å². The van der Waals surface area contributed by atoms with Crippen molar-refractivity contribution in [3.05, 3.63) is 84.5 Å². The van der Waals surface area contributed by atoms with Gasteiger partial charge in [0.15, 0.2) is 0 Å². The number of pyridine rings is 2. The SMILES string of the molecule is O=C(c1cnn2ccccc12)N1CCC[C@H](c2nccn2Cc2cccnc2)C1. The van der Waals surface area contributed by atoms with Gasteiger partial charge in [0, 0.05) is 50.0 Å². The predicted molar refractivity (Wildman–Crippen MR) is 109 cm³/mol. The molecule has 0 N–H and O–H groups in total. The third-order valence-corrected chi connectivity index (χ3v) is 5.55. The first-order chi connectivity index (χ1) is 14.3. The fraction of sp³-hybridized carbons (Fsp3) is 0.273. The fourth-order valence-electron chi connectivity index (χ4n) is 4.14. The van der Waals surface area contributed by atoms with Gasteiger partial charge in [-0.25, -0.2) is 9.50 Å². The highest BCUT2D eigenvalue weighted by Crippen LogP contribution is 2.28. The molecule has 5 rings (SSSR count). The van der Waals surface area contributed by atoms with E-state index in [0.717, 1.165) is 42.8 Å².